The molecule has 0 radical (unpaired) electrons. The van der Waals surface area contributed by atoms with E-state index in [4.69, 9.17) is 5.41 Å². The molecule has 0 spiro atoms. The molecule has 0 aliphatic heterocycles. The van der Waals surface area contributed by atoms with Crippen molar-refractivity contribution in [1.29, 1.82) is 0 Å². The molecule has 0 amide bonds. The second-order valence-corrected chi connectivity index (χ2v) is 2.05. The van der Waals surface area contributed by atoms with Crippen LogP contribution in [0.4, 0.5) is 0 Å². The molecular weight excluding hydrogens is 164 g/mol. The van der Waals surface area contributed by atoms with Crippen molar-refractivity contribution < 1.29 is 17.8 Å². The Bertz CT molecular complexity index is 306. The van der Waals surface area contributed by atoms with E-state index in [2.05, 4.69) is 0 Å². The van der Waals surface area contributed by atoms with E-state index >= 15 is 0 Å². The van der Waals surface area contributed by atoms with Crippen LogP contribution >= 0.6 is 0 Å². The highest BCUT2D eigenvalue weighted by Gasteiger charge is 1.96. The third-order valence-corrected chi connectivity index (χ3v) is 1.33. The van der Waals surface area contributed by atoms with E-state index in [0.717, 1.165) is 0 Å². The van der Waals surface area contributed by atoms with Gasteiger partial charge in [-0.15, -0.1) is 0 Å². The number of aromatic nitrogens is 1. The zero-order valence-corrected chi connectivity index (χ0v) is 6.88. The number of aryl methyl sites for hydroxylation is 1. The van der Waals surface area contributed by atoms with Crippen LogP contribution in [0.1, 0.15) is 5.56 Å². The maximum Gasteiger partial charge on any atom is 0.263 e. The van der Waals surface area contributed by atoms with Crippen molar-refractivity contribution in [3.05, 3.63) is 34.2 Å². The molecule has 0 aliphatic carbocycles. The molecule has 11 heavy (non-hydrogen) atoms. The van der Waals surface area contributed by atoms with Gasteiger partial charge < -0.3 is 17.0 Å². The molecule has 0 fully saturated rings. The van der Waals surface area contributed by atoms with Crippen LogP contribution < -0.4 is 23.4 Å². The maximum absolute atomic E-state index is 11.1. The summed E-state index contributed by atoms with van der Waals surface area (Å²) in [6.45, 7) is 0. The lowest BCUT2D eigenvalue weighted by Crippen LogP contribution is -3.00. The van der Waals surface area contributed by atoms with Crippen molar-refractivity contribution in [3.8, 4) is 0 Å². The van der Waals surface area contributed by atoms with Crippen LogP contribution in [0, 0.1) is 0 Å². The Hall–Kier alpha value is -1.09. The summed E-state index contributed by atoms with van der Waals surface area (Å²) in [5.41, 5.74) is 0.468. The van der Waals surface area contributed by atoms with Gasteiger partial charge in [0.15, 0.2) is 6.21 Å². The average Bonchev–Trinajstić information content (AvgIpc) is 1.95. The molecule has 0 saturated heterocycles. The van der Waals surface area contributed by atoms with E-state index in [1.165, 1.54) is 10.8 Å². The number of hydrogen-bond acceptors (Lipinski definition) is 1. The Morgan fingerprint density at radius 2 is 2.27 bits per heavy atom. The van der Waals surface area contributed by atoms with Crippen molar-refractivity contribution in [2.45, 2.75) is 0 Å². The van der Waals surface area contributed by atoms with Gasteiger partial charge in [0.2, 0.25) is 0 Å². The molecule has 0 aliphatic rings. The molecule has 4 heteroatoms. The van der Waals surface area contributed by atoms with Crippen LogP contribution in [-0.2, 0) is 7.05 Å². The number of hydrogen-bond donors (Lipinski definition) is 1. The second-order valence-electron chi connectivity index (χ2n) is 2.05. The van der Waals surface area contributed by atoms with E-state index in [9.17, 15) is 4.79 Å². The summed E-state index contributed by atoms with van der Waals surface area (Å²) in [4.78, 5) is 11.1. The first-order chi connectivity index (χ1) is 4.75. The first-order valence-electron chi connectivity index (χ1n) is 2.96. The summed E-state index contributed by atoms with van der Waals surface area (Å²) >= 11 is 0. The van der Waals surface area contributed by atoms with Gasteiger partial charge in [-0.05, 0) is 12.1 Å². The van der Waals surface area contributed by atoms with Crippen LogP contribution in [0.5, 0.6) is 0 Å². The molecule has 1 rings (SSSR count). The van der Waals surface area contributed by atoms with E-state index < -0.39 is 0 Å². The van der Waals surface area contributed by atoms with Crippen molar-refractivity contribution in [2.24, 2.45) is 7.05 Å². The zero-order chi connectivity index (χ0) is 7.56. The lowest BCUT2D eigenvalue weighted by Gasteiger charge is -1.93. The molecule has 2 N–H and O–H groups in total. The fourth-order valence-corrected chi connectivity index (χ4v) is 0.745. The minimum atomic E-state index is -0.0648. The Morgan fingerprint density at radius 1 is 1.64 bits per heavy atom. The molecule has 1 aromatic heterocycles. The van der Waals surface area contributed by atoms with Crippen molar-refractivity contribution in [3.63, 3.8) is 0 Å². The van der Waals surface area contributed by atoms with Crippen molar-refractivity contribution in [1.82, 2.24) is 4.57 Å². The summed E-state index contributed by atoms with van der Waals surface area (Å²) in [6, 6.07) is 3.46. The van der Waals surface area contributed by atoms with Gasteiger partial charge in [0, 0.05) is 13.2 Å². The number of rotatable bonds is 1. The van der Waals surface area contributed by atoms with Crippen LogP contribution in [-0.4, -0.2) is 10.8 Å². The Balaban J connectivity index is 0.000001000. The third kappa shape index (κ3) is 1.91. The lowest BCUT2D eigenvalue weighted by atomic mass is 10.3. The molecule has 0 saturated carbocycles. The maximum atomic E-state index is 11.1. The molecule has 0 aromatic carbocycles. The Morgan fingerprint density at radius 3 is 2.73 bits per heavy atom. The predicted octanol–water partition coefficient (Wildman–Crippen LogP) is -4.43. The molecule has 0 atom stereocenters. The highest BCUT2D eigenvalue weighted by molar-refractivity contribution is 5.73. The predicted molar refractivity (Wildman–Crippen MR) is 38.8 cm³/mol. The van der Waals surface area contributed by atoms with Gasteiger partial charge in [0.05, 0.1) is 0 Å². The summed E-state index contributed by atoms with van der Waals surface area (Å²) in [5, 5.41) is 5.18. The molecular formula is C7H9ClN2O. The minimum absolute atomic E-state index is 0. The highest BCUT2D eigenvalue weighted by atomic mass is 35.5. The molecule has 1 aromatic rings. The lowest BCUT2D eigenvalue weighted by molar-refractivity contribution is -0.104. The number of nitrogens with two attached hydrogens (primary N) is 1. The highest BCUT2D eigenvalue weighted by Crippen LogP contribution is 1.82. The molecule has 3 nitrogen and oxygen atoms in total. The van der Waals surface area contributed by atoms with E-state index in [0.29, 0.717) is 5.56 Å². The largest absolute Gasteiger partial charge is 1.00 e. The molecule has 1 heterocycles. The summed E-state index contributed by atoms with van der Waals surface area (Å²) in [6.07, 6.45) is 3.00. The second kappa shape index (κ2) is 3.93. The standard InChI is InChI=1S/C7H8N2O.ClH/c1-9-4-2-3-6(5-8)7(9)10;/h2-5,8H,1H3;1H. The van der Waals surface area contributed by atoms with Gasteiger partial charge in [-0.1, -0.05) is 0 Å². The smallest absolute Gasteiger partial charge is 0.263 e. The monoisotopic (exact) mass is 172 g/mol. The van der Waals surface area contributed by atoms with Gasteiger partial charge in [0.1, 0.15) is 5.56 Å². The topological polar surface area (TPSA) is 47.6 Å². The first-order valence-corrected chi connectivity index (χ1v) is 2.96. The summed E-state index contributed by atoms with van der Waals surface area (Å²) < 4.78 is 1.48. The van der Waals surface area contributed by atoms with Crippen molar-refractivity contribution >= 4 is 6.21 Å². The van der Waals surface area contributed by atoms with Crippen LogP contribution in [0.25, 0.3) is 0 Å². The van der Waals surface area contributed by atoms with Gasteiger partial charge in [0.25, 0.3) is 5.56 Å². The van der Waals surface area contributed by atoms with Gasteiger partial charge >= 0.3 is 0 Å². The van der Waals surface area contributed by atoms with Crippen LogP contribution in [0.15, 0.2) is 23.1 Å². The Kier molecular flexibility index (Phi) is 3.54. The number of pyridine rings is 1. The number of halogens is 1. The zero-order valence-electron chi connectivity index (χ0n) is 6.12. The normalized spacial score (nSPS) is 8.45. The van der Waals surface area contributed by atoms with E-state index in [-0.39, 0.29) is 18.0 Å². The minimum Gasteiger partial charge on any atom is -1.00 e. The van der Waals surface area contributed by atoms with E-state index in [1.54, 1.807) is 25.4 Å². The fourth-order valence-electron chi connectivity index (χ4n) is 0.745. The molecule has 0 unspecified atom stereocenters. The number of nitrogens with zero attached hydrogens (tertiary/aromatic N) is 1. The quantitative estimate of drug-likeness (QED) is 0.427. The van der Waals surface area contributed by atoms with Gasteiger partial charge in [-0.2, -0.15) is 0 Å². The summed E-state index contributed by atoms with van der Waals surface area (Å²) in [7, 11) is 1.69. The van der Waals surface area contributed by atoms with Gasteiger partial charge in [-0.25, -0.2) is 0 Å². The fraction of sp³-hybridized carbons (Fsp3) is 0.143. The van der Waals surface area contributed by atoms with E-state index in [1.807, 2.05) is 0 Å². The van der Waals surface area contributed by atoms with Crippen LogP contribution in [0.2, 0.25) is 0 Å². The summed E-state index contributed by atoms with van der Waals surface area (Å²) in [5.74, 6) is 0. The van der Waals surface area contributed by atoms with Crippen LogP contribution in [0.3, 0.4) is 0 Å². The average molecular weight is 173 g/mol. The molecule has 0 bridgehead atoms. The van der Waals surface area contributed by atoms with Crippen molar-refractivity contribution in [2.75, 3.05) is 0 Å². The molecule has 60 valence electrons. The Labute approximate surface area is 70.6 Å². The van der Waals surface area contributed by atoms with Gasteiger partial charge in [-0.3, -0.25) is 10.2 Å². The third-order valence-electron chi connectivity index (χ3n) is 1.33. The first kappa shape index (κ1) is 9.91. The SMILES string of the molecule is Cn1cccc(C=[NH2+])c1=O.[Cl-].